The molecule has 1 aliphatic rings. The molecule has 0 spiro atoms. The third kappa shape index (κ3) is 2.48. The zero-order chi connectivity index (χ0) is 10.8. The van der Waals surface area contributed by atoms with Crippen molar-refractivity contribution in [2.24, 2.45) is 23.0 Å². The Morgan fingerprint density at radius 1 is 1.50 bits per heavy atom. The molecule has 1 rings (SSSR count). The molecule has 0 aliphatic heterocycles. The molecule has 84 valence electrons. The minimum Gasteiger partial charge on any atom is -0.392 e. The van der Waals surface area contributed by atoms with Gasteiger partial charge in [-0.15, -0.1) is 0 Å². The van der Waals surface area contributed by atoms with E-state index in [0.717, 1.165) is 25.2 Å². The van der Waals surface area contributed by atoms with Gasteiger partial charge in [-0.25, -0.2) is 0 Å². The molecule has 3 N–H and O–H groups in total. The highest BCUT2D eigenvalue weighted by molar-refractivity contribution is 4.94. The van der Waals surface area contributed by atoms with Crippen LogP contribution in [0.3, 0.4) is 0 Å². The SMILES string of the molecule is CC(C)CC(O)C1(CN)CCC(C)C1. The Kier molecular flexibility index (Phi) is 3.96. The molecule has 0 aromatic rings. The fraction of sp³-hybridized carbons (Fsp3) is 1.00. The fourth-order valence-electron chi connectivity index (χ4n) is 2.75. The van der Waals surface area contributed by atoms with Crippen molar-refractivity contribution >= 4 is 0 Å². The van der Waals surface area contributed by atoms with Gasteiger partial charge in [-0.1, -0.05) is 27.2 Å². The summed E-state index contributed by atoms with van der Waals surface area (Å²) < 4.78 is 0. The van der Waals surface area contributed by atoms with E-state index in [1.54, 1.807) is 0 Å². The molecule has 2 nitrogen and oxygen atoms in total. The van der Waals surface area contributed by atoms with E-state index in [2.05, 4.69) is 20.8 Å². The fourth-order valence-corrected chi connectivity index (χ4v) is 2.75. The van der Waals surface area contributed by atoms with Gasteiger partial charge in [-0.05, 0) is 31.1 Å². The summed E-state index contributed by atoms with van der Waals surface area (Å²) >= 11 is 0. The Labute approximate surface area is 87.9 Å². The lowest BCUT2D eigenvalue weighted by atomic mass is 9.76. The number of nitrogens with two attached hydrogens (primary N) is 1. The highest BCUT2D eigenvalue weighted by Crippen LogP contribution is 2.44. The summed E-state index contributed by atoms with van der Waals surface area (Å²) in [6.45, 7) is 7.22. The van der Waals surface area contributed by atoms with Crippen LogP contribution in [0.2, 0.25) is 0 Å². The Morgan fingerprint density at radius 3 is 2.50 bits per heavy atom. The molecule has 1 aliphatic carbocycles. The third-order valence-corrected chi connectivity index (χ3v) is 3.70. The topological polar surface area (TPSA) is 46.2 Å². The van der Waals surface area contributed by atoms with Gasteiger partial charge < -0.3 is 10.8 Å². The molecule has 1 fully saturated rings. The Hall–Kier alpha value is -0.0800. The summed E-state index contributed by atoms with van der Waals surface area (Å²) in [6.07, 6.45) is 4.14. The first kappa shape index (κ1) is 12.0. The molecule has 0 bridgehead atoms. The molecule has 2 heteroatoms. The van der Waals surface area contributed by atoms with Crippen molar-refractivity contribution < 1.29 is 5.11 Å². The summed E-state index contributed by atoms with van der Waals surface area (Å²) in [5.74, 6) is 1.30. The number of rotatable bonds is 4. The van der Waals surface area contributed by atoms with E-state index in [1.165, 1.54) is 6.42 Å². The normalized spacial score (nSPS) is 35.1. The Morgan fingerprint density at radius 2 is 2.14 bits per heavy atom. The standard InChI is InChI=1S/C12H25NO/c1-9(2)6-11(14)12(8-13)5-4-10(3)7-12/h9-11,14H,4-8,13H2,1-3H3. The van der Waals surface area contributed by atoms with Gasteiger partial charge in [0.1, 0.15) is 0 Å². The summed E-state index contributed by atoms with van der Waals surface area (Å²) in [7, 11) is 0. The van der Waals surface area contributed by atoms with Gasteiger partial charge in [0.15, 0.2) is 0 Å². The predicted molar refractivity (Wildman–Crippen MR) is 60.0 cm³/mol. The summed E-state index contributed by atoms with van der Waals surface area (Å²) in [5, 5.41) is 10.2. The van der Waals surface area contributed by atoms with Gasteiger partial charge in [0.05, 0.1) is 6.10 Å². The lowest BCUT2D eigenvalue weighted by Gasteiger charge is -2.34. The van der Waals surface area contributed by atoms with Crippen molar-refractivity contribution in [3.8, 4) is 0 Å². The number of hydrogen-bond donors (Lipinski definition) is 2. The number of aliphatic hydroxyl groups excluding tert-OH is 1. The Bertz CT molecular complexity index is 181. The second-order valence-corrected chi connectivity index (χ2v) is 5.56. The zero-order valence-electron chi connectivity index (χ0n) is 9.79. The lowest BCUT2D eigenvalue weighted by molar-refractivity contribution is 0.0167. The van der Waals surface area contributed by atoms with E-state index in [0.29, 0.717) is 12.5 Å². The minimum atomic E-state index is -0.197. The van der Waals surface area contributed by atoms with Crippen LogP contribution in [-0.2, 0) is 0 Å². The average Bonchev–Trinajstić information content (AvgIpc) is 2.47. The van der Waals surface area contributed by atoms with Crippen LogP contribution in [0.4, 0.5) is 0 Å². The molecule has 3 unspecified atom stereocenters. The first-order chi connectivity index (χ1) is 6.50. The van der Waals surface area contributed by atoms with E-state index in [4.69, 9.17) is 5.73 Å². The van der Waals surface area contributed by atoms with Crippen molar-refractivity contribution in [2.45, 2.75) is 52.6 Å². The molecular formula is C12H25NO. The van der Waals surface area contributed by atoms with E-state index in [-0.39, 0.29) is 11.5 Å². The third-order valence-electron chi connectivity index (χ3n) is 3.70. The van der Waals surface area contributed by atoms with Crippen molar-refractivity contribution in [3.63, 3.8) is 0 Å². The van der Waals surface area contributed by atoms with E-state index in [9.17, 15) is 5.11 Å². The largest absolute Gasteiger partial charge is 0.392 e. The average molecular weight is 199 g/mol. The van der Waals surface area contributed by atoms with Crippen LogP contribution < -0.4 is 5.73 Å². The van der Waals surface area contributed by atoms with Crippen LogP contribution in [0.1, 0.15) is 46.5 Å². The smallest absolute Gasteiger partial charge is 0.0611 e. The maximum absolute atomic E-state index is 10.2. The monoisotopic (exact) mass is 199 g/mol. The molecule has 1 saturated carbocycles. The summed E-state index contributed by atoms with van der Waals surface area (Å²) in [4.78, 5) is 0. The van der Waals surface area contributed by atoms with Gasteiger partial charge in [-0.3, -0.25) is 0 Å². The molecule has 0 heterocycles. The maximum Gasteiger partial charge on any atom is 0.0611 e. The first-order valence-electron chi connectivity index (χ1n) is 5.88. The van der Waals surface area contributed by atoms with Crippen LogP contribution in [0, 0.1) is 17.3 Å². The van der Waals surface area contributed by atoms with E-state index >= 15 is 0 Å². The minimum absolute atomic E-state index is 0.0314. The maximum atomic E-state index is 10.2. The van der Waals surface area contributed by atoms with Gasteiger partial charge in [-0.2, -0.15) is 0 Å². The second-order valence-electron chi connectivity index (χ2n) is 5.56. The molecule has 0 aromatic carbocycles. The van der Waals surface area contributed by atoms with Crippen molar-refractivity contribution in [1.29, 1.82) is 0 Å². The zero-order valence-corrected chi connectivity index (χ0v) is 9.79. The lowest BCUT2D eigenvalue weighted by Crippen LogP contribution is -2.40. The van der Waals surface area contributed by atoms with Crippen LogP contribution in [0.5, 0.6) is 0 Å². The molecule has 0 aromatic heterocycles. The van der Waals surface area contributed by atoms with E-state index in [1.807, 2.05) is 0 Å². The number of aliphatic hydroxyl groups is 1. The number of hydrogen-bond acceptors (Lipinski definition) is 2. The van der Waals surface area contributed by atoms with Crippen molar-refractivity contribution in [2.75, 3.05) is 6.54 Å². The second kappa shape index (κ2) is 4.63. The van der Waals surface area contributed by atoms with Crippen LogP contribution in [0.15, 0.2) is 0 Å². The Balaban J connectivity index is 2.60. The van der Waals surface area contributed by atoms with Gasteiger partial charge >= 0.3 is 0 Å². The van der Waals surface area contributed by atoms with E-state index < -0.39 is 0 Å². The molecule has 14 heavy (non-hydrogen) atoms. The van der Waals surface area contributed by atoms with Crippen LogP contribution in [0.25, 0.3) is 0 Å². The molecule has 0 saturated heterocycles. The molecule has 3 atom stereocenters. The van der Waals surface area contributed by atoms with Gasteiger partial charge in [0, 0.05) is 12.0 Å². The van der Waals surface area contributed by atoms with Gasteiger partial charge in [0.25, 0.3) is 0 Å². The summed E-state index contributed by atoms with van der Waals surface area (Å²) in [6, 6.07) is 0. The highest BCUT2D eigenvalue weighted by Gasteiger charge is 2.42. The van der Waals surface area contributed by atoms with Crippen molar-refractivity contribution in [1.82, 2.24) is 0 Å². The predicted octanol–water partition coefficient (Wildman–Crippen LogP) is 2.16. The highest BCUT2D eigenvalue weighted by atomic mass is 16.3. The van der Waals surface area contributed by atoms with Crippen molar-refractivity contribution in [3.05, 3.63) is 0 Å². The van der Waals surface area contributed by atoms with Crippen LogP contribution >= 0.6 is 0 Å². The quantitative estimate of drug-likeness (QED) is 0.729. The first-order valence-corrected chi connectivity index (χ1v) is 5.88. The molecular weight excluding hydrogens is 174 g/mol. The summed E-state index contributed by atoms with van der Waals surface area (Å²) in [5.41, 5.74) is 5.88. The molecule has 0 radical (unpaired) electrons. The van der Waals surface area contributed by atoms with Crippen LogP contribution in [-0.4, -0.2) is 17.8 Å². The van der Waals surface area contributed by atoms with Gasteiger partial charge in [0.2, 0.25) is 0 Å². The molecule has 0 amide bonds.